The van der Waals surface area contributed by atoms with Crippen LogP contribution in [0.15, 0.2) is 9.59 Å². The van der Waals surface area contributed by atoms with Crippen molar-refractivity contribution < 1.29 is 4.79 Å². The van der Waals surface area contributed by atoms with Crippen molar-refractivity contribution in [2.24, 2.45) is 5.92 Å². The van der Waals surface area contributed by atoms with Gasteiger partial charge in [-0.05, 0) is 19.8 Å². The Hall–Kier alpha value is -2.25. The highest BCUT2D eigenvalue weighted by Gasteiger charge is 2.18. The van der Waals surface area contributed by atoms with Gasteiger partial charge in [0.15, 0.2) is 0 Å². The van der Waals surface area contributed by atoms with Crippen LogP contribution in [-0.4, -0.2) is 28.0 Å². The number of carbonyl (C=O) groups is 1. The molecule has 0 aliphatic rings. The number of aromatic nitrogens is 2. The van der Waals surface area contributed by atoms with E-state index in [0.29, 0.717) is 19.0 Å². The van der Waals surface area contributed by atoms with Crippen LogP contribution in [0.2, 0.25) is 0 Å². The van der Waals surface area contributed by atoms with Crippen LogP contribution in [0.1, 0.15) is 27.7 Å². The molecule has 1 amide bonds. The predicted octanol–water partition coefficient (Wildman–Crippen LogP) is -0.289. The molecule has 21 heavy (non-hydrogen) atoms. The van der Waals surface area contributed by atoms with Crippen LogP contribution in [0.25, 0.3) is 0 Å². The number of hydrogen-bond acceptors (Lipinski definition) is 5. The second kappa shape index (κ2) is 6.96. The molecule has 0 radical (unpaired) electrons. The van der Waals surface area contributed by atoms with Crippen molar-refractivity contribution in [1.82, 2.24) is 14.9 Å². The van der Waals surface area contributed by atoms with E-state index >= 15 is 0 Å². The Kier molecular flexibility index (Phi) is 5.57. The first kappa shape index (κ1) is 16.8. The molecule has 1 rings (SSSR count). The maximum absolute atomic E-state index is 11.9. The largest absolute Gasteiger partial charge is 0.383 e. The van der Waals surface area contributed by atoms with E-state index in [9.17, 15) is 14.4 Å². The Morgan fingerprint density at radius 2 is 1.95 bits per heavy atom. The number of amides is 1. The van der Waals surface area contributed by atoms with E-state index in [1.54, 1.807) is 13.8 Å². The molecule has 0 fully saturated rings. The van der Waals surface area contributed by atoms with E-state index in [-0.39, 0.29) is 17.4 Å². The lowest BCUT2D eigenvalue weighted by molar-refractivity contribution is -0.121. The molecule has 1 heterocycles. The molecule has 0 spiro atoms. The van der Waals surface area contributed by atoms with Gasteiger partial charge in [0.25, 0.3) is 5.56 Å². The van der Waals surface area contributed by atoms with Crippen LogP contribution >= 0.6 is 0 Å². The lowest BCUT2D eigenvalue weighted by Crippen LogP contribution is -2.42. The summed E-state index contributed by atoms with van der Waals surface area (Å²) in [5, 5.41) is 5.52. The third-order valence-corrected chi connectivity index (χ3v) is 2.99. The molecule has 0 bridgehead atoms. The standard InChI is InChI=1S/C13H23N5O3/c1-5-18-10(14)9(12(20)17-13(18)21)16-8(4)11(19)15-6-7(2)3/h7-8,16H,5-6,14H2,1-4H3,(H,15,19)(H,17,20,21). The molecule has 8 heteroatoms. The molecule has 1 atom stereocenters. The highest BCUT2D eigenvalue weighted by Crippen LogP contribution is 2.11. The van der Waals surface area contributed by atoms with Crippen molar-refractivity contribution in [1.29, 1.82) is 0 Å². The van der Waals surface area contributed by atoms with Gasteiger partial charge in [-0.2, -0.15) is 0 Å². The van der Waals surface area contributed by atoms with E-state index < -0.39 is 17.3 Å². The van der Waals surface area contributed by atoms with Gasteiger partial charge in [-0.3, -0.25) is 19.1 Å². The van der Waals surface area contributed by atoms with Gasteiger partial charge in [0.05, 0.1) is 0 Å². The molecule has 118 valence electrons. The van der Waals surface area contributed by atoms with E-state index in [4.69, 9.17) is 5.73 Å². The topological polar surface area (TPSA) is 122 Å². The summed E-state index contributed by atoms with van der Waals surface area (Å²) in [6.45, 7) is 8.19. The number of nitrogen functional groups attached to an aromatic ring is 1. The SMILES string of the molecule is CCn1c(N)c(NC(C)C(=O)NCC(C)C)c(=O)[nH]c1=O. The van der Waals surface area contributed by atoms with Crippen LogP contribution in [0, 0.1) is 5.92 Å². The Labute approximate surface area is 122 Å². The summed E-state index contributed by atoms with van der Waals surface area (Å²) in [7, 11) is 0. The van der Waals surface area contributed by atoms with Gasteiger partial charge < -0.3 is 16.4 Å². The highest BCUT2D eigenvalue weighted by molar-refractivity contribution is 5.85. The van der Waals surface area contributed by atoms with Gasteiger partial charge in [0.2, 0.25) is 5.91 Å². The zero-order chi connectivity index (χ0) is 16.2. The Balaban J connectivity index is 2.95. The number of nitrogens with two attached hydrogens (primary N) is 1. The second-order valence-corrected chi connectivity index (χ2v) is 5.27. The Morgan fingerprint density at radius 3 is 2.48 bits per heavy atom. The number of anilines is 2. The average molecular weight is 297 g/mol. The molecule has 1 aromatic rings. The van der Waals surface area contributed by atoms with Crippen molar-refractivity contribution >= 4 is 17.4 Å². The molecular weight excluding hydrogens is 274 g/mol. The van der Waals surface area contributed by atoms with E-state index in [0.717, 1.165) is 0 Å². The van der Waals surface area contributed by atoms with E-state index in [1.807, 2.05) is 13.8 Å². The molecule has 0 saturated carbocycles. The van der Waals surface area contributed by atoms with Gasteiger partial charge in [0, 0.05) is 13.1 Å². The van der Waals surface area contributed by atoms with Crippen LogP contribution in [0.5, 0.6) is 0 Å². The summed E-state index contributed by atoms with van der Waals surface area (Å²) in [6, 6.07) is -0.644. The molecule has 0 saturated heterocycles. The molecular formula is C13H23N5O3. The normalized spacial score (nSPS) is 12.2. The van der Waals surface area contributed by atoms with Crippen molar-refractivity contribution in [3.05, 3.63) is 20.8 Å². The summed E-state index contributed by atoms with van der Waals surface area (Å²) < 4.78 is 1.22. The number of nitrogens with zero attached hydrogens (tertiary/aromatic N) is 1. The fraction of sp³-hybridized carbons (Fsp3) is 0.615. The molecule has 1 aromatic heterocycles. The van der Waals surface area contributed by atoms with Crippen LogP contribution in [0.3, 0.4) is 0 Å². The molecule has 5 N–H and O–H groups in total. The first-order valence-corrected chi connectivity index (χ1v) is 6.94. The molecule has 1 unspecified atom stereocenters. The molecule has 0 aromatic carbocycles. The van der Waals surface area contributed by atoms with Gasteiger partial charge >= 0.3 is 5.69 Å². The van der Waals surface area contributed by atoms with Gasteiger partial charge in [-0.25, -0.2) is 4.79 Å². The van der Waals surface area contributed by atoms with Gasteiger partial charge in [-0.15, -0.1) is 0 Å². The zero-order valence-corrected chi connectivity index (χ0v) is 12.8. The smallest absolute Gasteiger partial charge is 0.330 e. The maximum atomic E-state index is 11.9. The number of hydrogen-bond donors (Lipinski definition) is 4. The molecule has 0 aliphatic carbocycles. The van der Waals surface area contributed by atoms with Gasteiger partial charge in [-0.1, -0.05) is 13.8 Å². The summed E-state index contributed by atoms with van der Waals surface area (Å²) in [5.74, 6) is 0.114. The minimum atomic E-state index is -0.644. The zero-order valence-electron chi connectivity index (χ0n) is 12.8. The van der Waals surface area contributed by atoms with Gasteiger partial charge in [0.1, 0.15) is 17.5 Å². The highest BCUT2D eigenvalue weighted by atomic mass is 16.2. The van der Waals surface area contributed by atoms with Crippen molar-refractivity contribution in [3.8, 4) is 0 Å². The van der Waals surface area contributed by atoms with Crippen molar-refractivity contribution in [3.63, 3.8) is 0 Å². The Morgan fingerprint density at radius 1 is 1.33 bits per heavy atom. The van der Waals surface area contributed by atoms with Crippen LogP contribution in [0.4, 0.5) is 11.5 Å². The number of rotatable bonds is 6. The number of H-pyrrole nitrogens is 1. The fourth-order valence-electron chi connectivity index (χ4n) is 1.78. The fourth-order valence-corrected chi connectivity index (χ4v) is 1.78. The molecule has 8 nitrogen and oxygen atoms in total. The van der Waals surface area contributed by atoms with Crippen LogP contribution < -0.4 is 27.6 Å². The minimum absolute atomic E-state index is 0.0229. The van der Waals surface area contributed by atoms with Crippen molar-refractivity contribution in [2.45, 2.75) is 40.3 Å². The summed E-state index contributed by atoms with van der Waals surface area (Å²) in [4.78, 5) is 37.4. The first-order chi connectivity index (χ1) is 9.77. The average Bonchev–Trinajstić information content (AvgIpc) is 2.40. The number of aromatic amines is 1. The lowest BCUT2D eigenvalue weighted by atomic mass is 10.2. The number of carbonyl (C=O) groups excluding carboxylic acids is 1. The minimum Gasteiger partial charge on any atom is -0.383 e. The van der Waals surface area contributed by atoms with E-state index in [1.165, 1.54) is 4.57 Å². The Bertz CT molecular complexity index is 617. The molecule has 0 aliphatic heterocycles. The predicted molar refractivity (Wildman–Crippen MR) is 82.3 cm³/mol. The lowest BCUT2D eigenvalue weighted by Gasteiger charge is -2.18. The maximum Gasteiger partial charge on any atom is 0.330 e. The first-order valence-electron chi connectivity index (χ1n) is 6.94. The summed E-state index contributed by atoms with van der Waals surface area (Å²) in [6.07, 6.45) is 0. The second-order valence-electron chi connectivity index (χ2n) is 5.27. The quantitative estimate of drug-likeness (QED) is 0.575. The number of nitrogens with one attached hydrogen (secondary N) is 3. The van der Waals surface area contributed by atoms with E-state index in [2.05, 4.69) is 15.6 Å². The summed E-state index contributed by atoms with van der Waals surface area (Å²) in [5.41, 5.74) is 4.65. The monoisotopic (exact) mass is 297 g/mol. The van der Waals surface area contributed by atoms with Crippen molar-refractivity contribution in [2.75, 3.05) is 17.6 Å². The third-order valence-electron chi connectivity index (χ3n) is 2.99. The van der Waals surface area contributed by atoms with Crippen LogP contribution in [-0.2, 0) is 11.3 Å². The third kappa shape index (κ3) is 4.11. The summed E-state index contributed by atoms with van der Waals surface area (Å²) >= 11 is 0.